The molecule has 0 fully saturated rings. The monoisotopic (exact) mass is 481 g/mol. The normalized spacial score (nSPS) is 11.0. The minimum absolute atomic E-state index is 0.222. The maximum absolute atomic E-state index is 12.3. The summed E-state index contributed by atoms with van der Waals surface area (Å²) in [6.45, 7) is 0.672. The van der Waals surface area contributed by atoms with Crippen LogP contribution in [0.3, 0.4) is 0 Å². The number of amides is 1. The molecule has 1 aromatic heterocycles. The first-order valence-electron chi connectivity index (χ1n) is 11.3. The quantitative estimate of drug-likeness (QED) is 0.310. The summed E-state index contributed by atoms with van der Waals surface area (Å²) in [6, 6.07) is 24.0. The topological polar surface area (TPSA) is 103 Å². The molecule has 0 aliphatic carbocycles. The summed E-state index contributed by atoms with van der Waals surface area (Å²) < 4.78 is 11.9. The van der Waals surface area contributed by atoms with Crippen LogP contribution in [0.15, 0.2) is 97.3 Å². The van der Waals surface area contributed by atoms with Crippen molar-refractivity contribution >= 4 is 17.4 Å². The first-order valence-corrected chi connectivity index (χ1v) is 11.3. The summed E-state index contributed by atoms with van der Waals surface area (Å²) in [6.07, 6.45) is 4.65. The molecule has 1 amide bonds. The number of carbonyl (C=O) groups is 1. The maximum Gasteiger partial charge on any atom is 0.248 e. The van der Waals surface area contributed by atoms with Crippen molar-refractivity contribution in [2.45, 2.75) is 0 Å². The van der Waals surface area contributed by atoms with Crippen LogP contribution in [0.2, 0.25) is 0 Å². The van der Waals surface area contributed by atoms with Gasteiger partial charge in [-0.05, 0) is 68.2 Å². The largest absolute Gasteiger partial charge is 0.457 e. The van der Waals surface area contributed by atoms with Gasteiger partial charge in [0.25, 0.3) is 0 Å². The molecule has 36 heavy (non-hydrogen) atoms. The fourth-order valence-corrected chi connectivity index (χ4v) is 3.35. The van der Waals surface area contributed by atoms with E-state index in [1.807, 2.05) is 73.6 Å². The average Bonchev–Trinajstić information content (AvgIpc) is 2.86. The minimum Gasteiger partial charge on any atom is -0.457 e. The van der Waals surface area contributed by atoms with Gasteiger partial charge in [-0.2, -0.15) is 0 Å². The molecule has 0 radical (unpaired) electrons. The number of benzene rings is 3. The van der Waals surface area contributed by atoms with Gasteiger partial charge >= 0.3 is 0 Å². The molecule has 0 saturated carbocycles. The summed E-state index contributed by atoms with van der Waals surface area (Å²) in [4.78, 5) is 22.7. The molecular formula is C28H27N5O3. The van der Waals surface area contributed by atoms with E-state index < -0.39 is 0 Å². The van der Waals surface area contributed by atoms with E-state index in [-0.39, 0.29) is 11.7 Å². The second-order valence-electron chi connectivity index (χ2n) is 8.16. The second kappa shape index (κ2) is 11.6. The van der Waals surface area contributed by atoms with Crippen LogP contribution in [0.5, 0.6) is 23.1 Å². The van der Waals surface area contributed by atoms with Gasteiger partial charge in [0.2, 0.25) is 11.8 Å². The molecule has 0 bridgehead atoms. The number of hydrogen-bond donors (Lipinski definition) is 2. The zero-order valence-corrected chi connectivity index (χ0v) is 20.1. The van der Waals surface area contributed by atoms with Crippen LogP contribution in [0.4, 0.5) is 11.5 Å². The number of para-hydroxylation sites is 1. The fourth-order valence-electron chi connectivity index (χ4n) is 3.35. The summed E-state index contributed by atoms with van der Waals surface area (Å²) in [5.41, 5.74) is 8.06. The van der Waals surface area contributed by atoms with Crippen molar-refractivity contribution in [1.29, 1.82) is 0 Å². The molecule has 1 heterocycles. The predicted molar refractivity (Wildman–Crippen MR) is 141 cm³/mol. The molecule has 3 N–H and O–H groups in total. The molecule has 0 aliphatic rings. The van der Waals surface area contributed by atoms with Gasteiger partial charge in [0.05, 0.1) is 5.56 Å². The standard InChI is InChI=1S/C28H27N5O3/c1-33(2)17-7-12-25(34)32-21-9-6-8-20(18-21)26-27(29)30-19-31-28(26)36-24-15-13-23(14-16-24)35-22-10-4-3-5-11-22/h3-16,18-19H,17H2,1-2H3,(H,32,34)(H2,29,30,31). The van der Waals surface area contributed by atoms with Crippen molar-refractivity contribution in [2.24, 2.45) is 0 Å². The highest BCUT2D eigenvalue weighted by molar-refractivity contribution is 5.99. The molecule has 3 aromatic carbocycles. The lowest BCUT2D eigenvalue weighted by Gasteiger charge is -2.13. The molecule has 8 nitrogen and oxygen atoms in total. The smallest absolute Gasteiger partial charge is 0.248 e. The predicted octanol–water partition coefficient (Wildman–Crippen LogP) is 5.37. The Kier molecular flexibility index (Phi) is 7.90. The summed E-state index contributed by atoms with van der Waals surface area (Å²) >= 11 is 0. The third kappa shape index (κ3) is 6.68. The second-order valence-corrected chi connectivity index (χ2v) is 8.16. The van der Waals surface area contributed by atoms with Crippen molar-refractivity contribution < 1.29 is 14.3 Å². The lowest BCUT2D eigenvalue weighted by Crippen LogP contribution is -2.12. The average molecular weight is 482 g/mol. The molecule has 0 spiro atoms. The Morgan fingerprint density at radius 3 is 2.33 bits per heavy atom. The number of ether oxygens (including phenoxy) is 2. The van der Waals surface area contributed by atoms with Crippen molar-refractivity contribution in [3.8, 4) is 34.3 Å². The highest BCUT2D eigenvalue weighted by Crippen LogP contribution is 2.36. The minimum atomic E-state index is -0.222. The number of likely N-dealkylation sites (N-methyl/N-ethyl adjacent to an activating group) is 1. The Morgan fingerprint density at radius 1 is 0.917 bits per heavy atom. The van der Waals surface area contributed by atoms with E-state index >= 15 is 0 Å². The zero-order chi connectivity index (χ0) is 25.3. The van der Waals surface area contributed by atoms with Crippen LogP contribution >= 0.6 is 0 Å². The molecule has 0 aliphatic heterocycles. The summed E-state index contributed by atoms with van der Waals surface area (Å²) in [5, 5.41) is 2.86. The van der Waals surface area contributed by atoms with Gasteiger partial charge in [-0.1, -0.05) is 36.4 Å². The van der Waals surface area contributed by atoms with Crippen LogP contribution in [0.1, 0.15) is 0 Å². The van der Waals surface area contributed by atoms with Gasteiger partial charge in [0.1, 0.15) is 29.4 Å². The van der Waals surface area contributed by atoms with Gasteiger partial charge in [-0.15, -0.1) is 0 Å². The fraction of sp³-hybridized carbons (Fsp3) is 0.107. The van der Waals surface area contributed by atoms with Crippen LogP contribution in [-0.4, -0.2) is 41.4 Å². The Hall–Kier alpha value is -4.69. The Bertz CT molecular complexity index is 1340. The first-order chi connectivity index (χ1) is 17.5. The number of anilines is 2. The Labute approximate surface area is 210 Å². The van der Waals surface area contributed by atoms with Crippen molar-refractivity contribution in [2.75, 3.05) is 31.7 Å². The van der Waals surface area contributed by atoms with E-state index in [4.69, 9.17) is 15.2 Å². The maximum atomic E-state index is 12.3. The van der Waals surface area contributed by atoms with E-state index in [1.165, 1.54) is 12.4 Å². The molecule has 4 rings (SSSR count). The van der Waals surface area contributed by atoms with Crippen LogP contribution in [0, 0.1) is 0 Å². The molecule has 0 atom stereocenters. The van der Waals surface area contributed by atoms with E-state index in [1.54, 1.807) is 30.3 Å². The highest BCUT2D eigenvalue weighted by Gasteiger charge is 2.15. The van der Waals surface area contributed by atoms with Gasteiger partial charge in [-0.25, -0.2) is 9.97 Å². The zero-order valence-electron chi connectivity index (χ0n) is 20.1. The third-order valence-corrected chi connectivity index (χ3v) is 5.02. The van der Waals surface area contributed by atoms with Crippen molar-refractivity contribution in [3.63, 3.8) is 0 Å². The van der Waals surface area contributed by atoms with Crippen molar-refractivity contribution in [3.05, 3.63) is 97.3 Å². The molecule has 8 heteroatoms. The van der Waals surface area contributed by atoms with Crippen LogP contribution in [0.25, 0.3) is 11.1 Å². The number of nitrogens with two attached hydrogens (primary N) is 1. The molecule has 0 unspecified atom stereocenters. The van der Waals surface area contributed by atoms with Gasteiger partial charge in [0, 0.05) is 18.3 Å². The number of carbonyl (C=O) groups excluding carboxylic acids is 1. The lowest BCUT2D eigenvalue weighted by molar-refractivity contribution is -0.111. The Morgan fingerprint density at radius 2 is 1.61 bits per heavy atom. The molecule has 4 aromatic rings. The van der Waals surface area contributed by atoms with Gasteiger partial charge < -0.3 is 25.4 Å². The lowest BCUT2D eigenvalue weighted by atomic mass is 10.1. The molecule has 0 saturated heterocycles. The number of nitrogens with one attached hydrogen (secondary N) is 1. The van der Waals surface area contributed by atoms with Crippen LogP contribution in [-0.2, 0) is 4.79 Å². The van der Waals surface area contributed by atoms with Gasteiger partial charge in [-0.3, -0.25) is 4.79 Å². The SMILES string of the molecule is CN(C)CC=CC(=O)Nc1cccc(-c2c(N)ncnc2Oc2ccc(Oc3ccccc3)cc2)c1. The number of rotatable bonds is 9. The van der Waals surface area contributed by atoms with Gasteiger partial charge in [0.15, 0.2) is 0 Å². The van der Waals surface area contributed by atoms with E-state index in [0.717, 1.165) is 5.75 Å². The third-order valence-electron chi connectivity index (χ3n) is 5.02. The number of aromatic nitrogens is 2. The first kappa shape index (κ1) is 24.4. The number of hydrogen-bond acceptors (Lipinski definition) is 7. The number of nitrogen functional groups attached to an aromatic ring is 1. The van der Waals surface area contributed by atoms with Crippen molar-refractivity contribution in [1.82, 2.24) is 14.9 Å². The summed E-state index contributed by atoms with van der Waals surface area (Å²) in [7, 11) is 3.87. The number of nitrogens with zero attached hydrogens (tertiary/aromatic N) is 3. The summed E-state index contributed by atoms with van der Waals surface area (Å²) in [5.74, 6) is 2.33. The molecular weight excluding hydrogens is 454 g/mol. The molecule has 182 valence electrons. The Balaban J connectivity index is 1.51. The van der Waals surface area contributed by atoms with E-state index in [2.05, 4.69) is 15.3 Å². The van der Waals surface area contributed by atoms with Crippen LogP contribution < -0.4 is 20.5 Å². The van der Waals surface area contributed by atoms with E-state index in [0.29, 0.717) is 40.7 Å². The highest BCUT2D eigenvalue weighted by atomic mass is 16.5. The van der Waals surface area contributed by atoms with E-state index in [9.17, 15) is 4.79 Å².